The van der Waals surface area contributed by atoms with E-state index in [0.29, 0.717) is 39.1 Å². The van der Waals surface area contributed by atoms with Gasteiger partial charge >= 0.3 is 0 Å². The van der Waals surface area contributed by atoms with Crippen molar-refractivity contribution in [3.05, 3.63) is 76.2 Å². The summed E-state index contributed by atoms with van der Waals surface area (Å²) >= 11 is 6.15. The van der Waals surface area contributed by atoms with Gasteiger partial charge in [-0.1, -0.05) is 11.6 Å². The number of aromatic nitrogens is 2. The smallest absolute Gasteiger partial charge is 0.271 e. The van der Waals surface area contributed by atoms with E-state index in [1.165, 1.54) is 0 Å². The molecule has 16 heteroatoms. The number of hydrogen-bond acceptors (Lipinski definition) is 12. The maximum Gasteiger partial charge on any atom is 0.271 e. The number of nitrogens with zero attached hydrogens (tertiary/aromatic N) is 7. The maximum atomic E-state index is 13.3. The van der Waals surface area contributed by atoms with Crippen molar-refractivity contribution < 1.29 is 28.7 Å². The summed E-state index contributed by atoms with van der Waals surface area (Å²) in [7, 11) is 0. The molecule has 60 heavy (non-hydrogen) atoms. The molecule has 1 aromatic heterocycles. The topological polar surface area (TPSA) is 181 Å². The summed E-state index contributed by atoms with van der Waals surface area (Å²) < 4.78 is 6.09. The second-order valence-corrected chi connectivity index (χ2v) is 17.7. The third kappa shape index (κ3) is 8.02. The van der Waals surface area contributed by atoms with Crippen LogP contribution in [0.1, 0.15) is 101 Å². The molecule has 5 fully saturated rings. The molecule has 2 aromatic carbocycles. The van der Waals surface area contributed by atoms with Gasteiger partial charge in [-0.3, -0.25) is 34.2 Å². The van der Waals surface area contributed by atoms with Crippen molar-refractivity contribution >= 4 is 52.6 Å². The van der Waals surface area contributed by atoms with Crippen molar-refractivity contribution in [3.8, 4) is 11.8 Å². The van der Waals surface area contributed by atoms with Crippen LogP contribution >= 0.6 is 11.6 Å². The number of nitrogens with one attached hydrogen (secondary N) is 2. The van der Waals surface area contributed by atoms with Gasteiger partial charge in [0.25, 0.3) is 17.7 Å². The highest BCUT2D eigenvalue weighted by atomic mass is 35.5. The molecule has 6 aliphatic rings. The molecule has 0 radical (unpaired) electrons. The van der Waals surface area contributed by atoms with Crippen LogP contribution in [0, 0.1) is 22.7 Å². The highest BCUT2D eigenvalue weighted by molar-refractivity contribution is 6.31. The van der Waals surface area contributed by atoms with Crippen molar-refractivity contribution in [2.45, 2.75) is 82.4 Å². The van der Waals surface area contributed by atoms with E-state index in [4.69, 9.17) is 21.6 Å². The predicted molar refractivity (Wildman–Crippen MR) is 221 cm³/mol. The van der Waals surface area contributed by atoms with Gasteiger partial charge in [-0.05, 0) is 107 Å². The number of hydrogen-bond donors (Lipinski definition) is 2. The zero-order valence-corrected chi connectivity index (χ0v) is 34.2. The zero-order chi connectivity index (χ0) is 41.5. The highest BCUT2D eigenvalue weighted by Crippen LogP contribution is 2.42. The van der Waals surface area contributed by atoms with Crippen LogP contribution in [0.3, 0.4) is 0 Å². The molecular formula is C44H48ClN9O6. The Hall–Kier alpha value is -5.59. The van der Waals surface area contributed by atoms with Gasteiger partial charge in [0.15, 0.2) is 0 Å². The Morgan fingerprint density at radius 3 is 2.32 bits per heavy atom. The number of nitriles is 1. The third-order valence-electron chi connectivity index (χ3n) is 13.5. The minimum absolute atomic E-state index is 0.0250. The fraction of sp³-hybridized carbons (Fsp3) is 0.500. The zero-order valence-electron chi connectivity index (χ0n) is 33.4. The number of likely N-dealkylation sites (tertiary alicyclic amines) is 1. The van der Waals surface area contributed by atoms with Gasteiger partial charge in [-0.15, -0.1) is 0 Å². The number of halogens is 1. The summed E-state index contributed by atoms with van der Waals surface area (Å²) in [5.74, 6) is -0.129. The fourth-order valence-electron chi connectivity index (χ4n) is 9.88. The van der Waals surface area contributed by atoms with Crippen molar-refractivity contribution in [2.24, 2.45) is 11.3 Å². The van der Waals surface area contributed by atoms with Crippen molar-refractivity contribution in [2.75, 3.05) is 55.6 Å². The number of fused-ring (bicyclic) bond motifs is 1. The predicted octanol–water partition coefficient (Wildman–Crippen LogP) is 4.34. The van der Waals surface area contributed by atoms with Crippen LogP contribution < -0.4 is 25.2 Å². The van der Waals surface area contributed by atoms with Gasteiger partial charge in [0.1, 0.15) is 29.4 Å². The van der Waals surface area contributed by atoms with Crippen LogP contribution in [0.2, 0.25) is 5.02 Å². The molecule has 1 saturated carbocycles. The SMILES string of the molecule is N#Cc1ccc(O[C@H]2CC[C@H](NC(=O)c3cnc(N4CC5(CCN(CC6CCN(c7ccc8c(c7)C(=O)N(C7CCC(=O)NC7=O)C8=O)CC6)CC5)C4)cn3)CC2)cc1Cl. The van der Waals surface area contributed by atoms with Gasteiger partial charge in [0.2, 0.25) is 11.8 Å². The molecule has 1 atom stereocenters. The van der Waals surface area contributed by atoms with E-state index in [9.17, 15) is 24.0 Å². The van der Waals surface area contributed by atoms with Crippen LogP contribution in [0.25, 0.3) is 0 Å². The second kappa shape index (κ2) is 16.5. The average molecular weight is 834 g/mol. The second-order valence-electron chi connectivity index (χ2n) is 17.3. The van der Waals surface area contributed by atoms with Crippen LogP contribution in [0.5, 0.6) is 5.75 Å². The lowest BCUT2D eigenvalue weighted by molar-refractivity contribution is -0.136. The maximum absolute atomic E-state index is 13.3. The normalized spacial score (nSPS) is 24.5. The lowest BCUT2D eigenvalue weighted by Crippen LogP contribution is -2.61. The largest absolute Gasteiger partial charge is 0.490 e. The van der Waals surface area contributed by atoms with Gasteiger partial charge < -0.3 is 24.8 Å². The Bertz CT molecular complexity index is 2230. The lowest BCUT2D eigenvalue weighted by Gasteiger charge is -2.54. The van der Waals surface area contributed by atoms with Gasteiger partial charge in [-0.25, -0.2) is 9.97 Å². The van der Waals surface area contributed by atoms with E-state index in [1.54, 1.807) is 42.7 Å². The number of rotatable bonds is 9. The molecule has 5 aliphatic heterocycles. The fourth-order valence-corrected chi connectivity index (χ4v) is 10.1. The number of amides is 5. The average Bonchev–Trinajstić information content (AvgIpc) is 3.49. The Kier molecular flexibility index (Phi) is 10.9. The number of anilines is 2. The van der Waals surface area contributed by atoms with E-state index in [0.717, 1.165) is 114 Å². The first-order valence-electron chi connectivity index (χ1n) is 21.1. The molecule has 9 rings (SSSR count). The molecule has 1 unspecified atom stereocenters. The van der Waals surface area contributed by atoms with Crippen molar-refractivity contribution in [1.29, 1.82) is 5.26 Å². The molecule has 5 amide bonds. The van der Waals surface area contributed by atoms with Gasteiger partial charge in [0.05, 0.1) is 40.2 Å². The first-order chi connectivity index (χ1) is 29.0. The number of piperidine rings is 3. The van der Waals surface area contributed by atoms with Crippen LogP contribution in [0.4, 0.5) is 11.5 Å². The minimum Gasteiger partial charge on any atom is -0.490 e. The first kappa shape index (κ1) is 39.8. The molecule has 2 N–H and O–H groups in total. The molecule has 15 nitrogen and oxygen atoms in total. The summed E-state index contributed by atoms with van der Waals surface area (Å²) in [6.45, 7) is 6.84. The molecular weight excluding hydrogens is 786 g/mol. The van der Waals surface area contributed by atoms with Crippen molar-refractivity contribution in [3.63, 3.8) is 0 Å². The number of carbonyl (C=O) groups is 5. The monoisotopic (exact) mass is 833 g/mol. The summed E-state index contributed by atoms with van der Waals surface area (Å²) in [4.78, 5) is 80.8. The number of ether oxygens (including phenoxy) is 1. The summed E-state index contributed by atoms with van der Waals surface area (Å²) in [6.07, 6.45) is 11.1. The molecule has 6 heterocycles. The lowest BCUT2D eigenvalue weighted by atomic mass is 9.72. The molecule has 1 spiro atoms. The van der Waals surface area contributed by atoms with E-state index < -0.39 is 23.8 Å². The number of carbonyl (C=O) groups excluding carboxylic acids is 5. The first-order valence-corrected chi connectivity index (χ1v) is 21.5. The Balaban J connectivity index is 0.683. The standard InChI is InChI=1S/C44H48ClN9O6/c45-35-20-32(5-1-28(35)21-46)60-31-6-2-29(3-7-31)49-40(56)36-22-48-38(23-47-36)53-25-44(26-53)13-17-51(18-14-44)24-27-11-15-52(16-12-27)30-4-8-33-34(19-30)43(59)54(42(33)58)37-9-10-39(55)50-41(37)57/h1,4-5,8,19-20,22-23,27,29,31,37H,2-3,6-7,9-18,24-26H2,(H,49,56)(H,50,55,57)/t29-,31-,37?. The molecule has 3 aromatic rings. The van der Waals surface area contributed by atoms with Gasteiger partial charge in [-0.2, -0.15) is 5.26 Å². The van der Waals surface area contributed by atoms with Crippen LogP contribution in [-0.2, 0) is 9.59 Å². The minimum atomic E-state index is -0.967. The highest BCUT2D eigenvalue weighted by Gasteiger charge is 2.47. The van der Waals surface area contributed by atoms with Crippen LogP contribution in [0.15, 0.2) is 48.8 Å². The number of benzene rings is 2. The Morgan fingerprint density at radius 1 is 0.883 bits per heavy atom. The van der Waals surface area contributed by atoms with E-state index >= 15 is 0 Å². The summed E-state index contributed by atoms with van der Waals surface area (Å²) in [5.41, 5.74) is 2.55. The molecule has 4 saturated heterocycles. The Morgan fingerprint density at radius 2 is 1.63 bits per heavy atom. The van der Waals surface area contributed by atoms with E-state index in [2.05, 4.69) is 41.4 Å². The third-order valence-corrected chi connectivity index (χ3v) is 13.8. The summed E-state index contributed by atoms with van der Waals surface area (Å²) in [5, 5.41) is 14.8. The quantitative estimate of drug-likeness (QED) is 0.292. The van der Waals surface area contributed by atoms with E-state index in [1.807, 2.05) is 6.07 Å². The van der Waals surface area contributed by atoms with Crippen molar-refractivity contribution in [1.82, 2.24) is 30.4 Å². The van der Waals surface area contributed by atoms with E-state index in [-0.39, 0.29) is 42.2 Å². The molecule has 0 bridgehead atoms. The van der Waals surface area contributed by atoms with Gasteiger partial charge in [0, 0.05) is 62.4 Å². The van der Waals surface area contributed by atoms with Crippen LogP contribution in [-0.4, -0.2) is 113 Å². The Labute approximate surface area is 353 Å². The summed E-state index contributed by atoms with van der Waals surface area (Å²) in [6, 6.07) is 11.6. The molecule has 312 valence electrons. The molecule has 1 aliphatic carbocycles. The number of imide groups is 2.